The summed E-state index contributed by atoms with van der Waals surface area (Å²) in [5, 5.41) is 3.31. The maximum absolute atomic E-state index is 12.7. The molecule has 0 amide bonds. The van der Waals surface area contributed by atoms with Gasteiger partial charge in [-0.05, 0) is 41.6 Å². The van der Waals surface area contributed by atoms with Crippen molar-refractivity contribution in [3.05, 3.63) is 16.5 Å². The Labute approximate surface area is 135 Å². The van der Waals surface area contributed by atoms with Gasteiger partial charge < -0.3 is 9.73 Å². The van der Waals surface area contributed by atoms with Gasteiger partial charge in [0, 0.05) is 25.2 Å². The van der Waals surface area contributed by atoms with Gasteiger partial charge in [-0.2, -0.15) is 4.31 Å². The molecule has 1 saturated carbocycles. The number of hydrogen-bond donors (Lipinski definition) is 1. The molecule has 1 aliphatic carbocycles. The predicted octanol–water partition coefficient (Wildman–Crippen LogP) is 2.96. The van der Waals surface area contributed by atoms with Crippen LogP contribution in [-0.2, 0) is 16.6 Å². The highest BCUT2D eigenvalue weighted by molar-refractivity contribution is 9.10. The van der Waals surface area contributed by atoms with Crippen molar-refractivity contribution in [3.8, 4) is 0 Å². The van der Waals surface area contributed by atoms with Crippen molar-refractivity contribution in [1.82, 2.24) is 9.62 Å². The molecule has 1 N–H and O–H groups in total. The molecule has 1 aromatic rings. The fourth-order valence-electron chi connectivity index (χ4n) is 1.99. The van der Waals surface area contributed by atoms with Crippen molar-refractivity contribution in [1.29, 1.82) is 0 Å². The first-order valence-corrected chi connectivity index (χ1v) is 9.46. The molecule has 0 aliphatic heterocycles. The molecule has 0 aromatic carbocycles. The van der Waals surface area contributed by atoms with Gasteiger partial charge in [0.2, 0.25) is 10.0 Å². The topological polar surface area (TPSA) is 62.6 Å². The molecule has 1 unspecified atom stereocenters. The zero-order valence-electron chi connectivity index (χ0n) is 12.9. The smallest absolute Gasteiger partial charge is 0.247 e. The normalized spacial score (nSPS) is 17.7. The van der Waals surface area contributed by atoms with E-state index in [4.69, 9.17) is 4.42 Å². The lowest BCUT2D eigenvalue weighted by Crippen LogP contribution is -2.38. The fourth-order valence-corrected chi connectivity index (χ4v) is 4.44. The van der Waals surface area contributed by atoms with Crippen molar-refractivity contribution in [2.24, 2.45) is 5.92 Å². The van der Waals surface area contributed by atoms with Gasteiger partial charge in [-0.15, -0.1) is 0 Å². The van der Waals surface area contributed by atoms with E-state index in [1.54, 1.807) is 13.1 Å². The van der Waals surface area contributed by atoms with Crippen LogP contribution in [0.2, 0.25) is 0 Å². The van der Waals surface area contributed by atoms with Crippen LogP contribution in [0, 0.1) is 5.92 Å². The number of sulfonamides is 1. The number of hydrogen-bond acceptors (Lipinski definition) is 4. The Morgan fingerprint density at radius 1 is 1.43 bits per heavy atom. The van der Waals surface area contributed by atoms with Crippen LogP contribution in [0.4, 0.5) is 0 Å². The van der Waals surface area contributed by atoms with E-state index in [0.29, 0.717) is 18.3 Å². The second-order valence-corrected chi connectivity index (χ2v) is 8.70. The summed E-state index contributed by atoms with van der Waals surface area (Å²) < 4.78 is 32.6. The highest BCUT2D eigenvalue weighted by atomic mass is 79.9. The summed E-state index contributed by atoms with van der Waals surface area (Å²) >= 11 is 3.23. The van der Waals surface area contributed by atoms with Crippen LogP contribution in [0.15, 0.2) is 20.0 Å². The summed E-state index contributed by atoms with van der Waals surface area (Å²) in [6.07, 6.45) is 2.36. The van der Waals surface area contributed by atoms with Gasteiger partial charge in [-0.3, -0.25) is 0 Å². The summed E-state index contributed by atoms with van der Waals surface area (Å²) in [4.78, 5) is 0.199. The first-order valence-electron chi connectivity index (χ1n) is 7.23. The quantitative estimate of drug-likeness (QED) is 0.791. The minimum Gasteiger partial charge on any atom is -0.452 e. The van der Waals surface area contributed by atoms with E-state index < -0.39 is 10.0 Å². The Kier molecular flexibility index (Phi) is 5.18. The molecule has 7 heteroatoms. The van der Waals surface area contributed by atoms with Crippen LogP contribution in [0.3, 0.4) is 0 Å². The van der Waals surface area contributed by atoms with E-state index in [1.165, 1.54) is 17.1 Å². The molecule has 1 fully saturated rings. The Morgan fingerprint density at radius 3 is 2.57 bits per heavy atom. The summed E-state index contributed by atoms with van der Waals surface area (Å²) in [5.41, 5.74) is 0. The van der Waals surface area contributed by atoms with E-state index in [-0.39, 0.29) is 21.5 Å². The first-order chi connectivity index (χ1) is 9.73. The minimum atomic E-state index is -3.55. The van der Waals surface area contributed by atoms with E-state index in [2.05, 4.69) is 21.2 Å². The molecule has 120 valence electrons. The summed E-state index contributed by atoms with van der Waals surface area (Å²) in [6.45, 7) is 6.48. The molecule has 1 heterocycles. The Hall–Kier alpha value is -0.370. The molecule has 1 aliphatic rings. The van der Waals surface area contributed by atoms with E-state index in [1.807, 2.05) is 20.8 Å². The average Bonchev–Trinajstić information content (AvgIpc) is 3.16. The van der Waals surface area contributed by atoms with Gasteiger partial charge >= 0.3 is 0 Å². The summed E-state index contributed by atoms with van der Waals surface area (Å²) in [5.74, 6) is 0.879. The SMILES string of the molecule is CC(C)C(C)N(C)S(=O)(=O)c1cc(CNC2CC2)oc1Br. The van der Waals surface area contributed by atoms with Crippen LogP contribution >= 0.6 is 15.9 Å². The molecule has 5 nitrogen and oxygen atoms in total. The van der Waals surface area contributed by atoms with Crippen molar-refractivity contribution < 1.29 is 12.8 Å². The Bertz CT molecular complexity index is 593. The number of rotatable bonds is 7. The molecule has 0 spiro atoms. The average molecular weight is 379 g/mol. The van der Waals surface area contributed by atoms with E-state index >= 15 is 0 Å². The van der Waals surface area contributed by atoms with Crippen LogP contribution in [0.1, 0.15) is 39.4 Å². The van der Waals surface area contributed by atoms with Crippen molar-refractivity contribution in [2.45, 2.75) is 57.1 Å². The van der Waals surface area contributed by atoms with Crippen molar-refractivity contribution in [3.63, 3.8) is 0 Å². The molecule has 1 aromatic heterocycles. The largest absolute Gasteiger partial charge is 0.452 e. The highest BCUT2D eigenvalue weighted by Gasteiger charge is 2.31. The van der Waals surface area contributed by atoms with Crippen molar-refractivity contribution >= 4 is 26.0 Å². The molecule has 0 saturated heterocycles. The molecule has 1 atom stereocenters. The molecule has 2 rings (SSSR count). The van der Waals surface area contributed by atoms with E-state index in [9.17, 15) is 8.42 Å². The molecule has 0 bridgehead atoms. The van der Waals surface area contributed by atoms with Crippen LogP contribution in [-0.4, -0.2) is 31.9 Å². The van der Waals surface area contributed by atoms with Gasteiger partial charge in [0.15, 0.2) is 4.67 Å². The molecule has 0 radical (unpaired) electrons. The fraction of sp³-hybridized carbons (Fsp3) is 0.714. The van der Waals surface area contributed by atoms with Gasteiger partial charge in [0.25, 0.3) is 0 Å². The Balaban J connectivity index is 2.18. The first kappa shape index (κ1) is 17.0. The number of nitrogens with one attached hydrogen (secondary N) is 1. The molecular weight excluding hydrogens is 356 g/mol. The zero-order chi connectivity index (χ0) is 15.8. The second kappa shape index (κ2) is 6.40. The second-order valence-electron chi connectivity index (χ2n) is 6.01. The number of halogens is 1. The third kappa shape index (κ3) is 3.88. The third-order valence-electron chi connectivity index (χ3n) is 4.04. The lowest BCUT2D eigenvalue weighted by Gasteiger charge is -2.26. The predicted molar refractivity (Wildman–Crippen MR) is 85.5 cm³/mol. The molecule has 21 heavy (non-hydrogen) atoms. The lowest BCUT2D eigenvalue weighted by molar-refractivity contribution is 0.315. The maximum Gasteiger partial charge on any atom is 0.247 e. The van der Waals surface area contributed by atoms with Gasteiger partial charge in [0.05, 0.1) is 6.54 Å². The van der Waals surface area contributed by atoms with Crippen LogP contribution in [0.25, 0.3) is 0 Å². The zero-order valence-corrected chi connectivity index (χ0v) is 15.3. The Morgan fingerprint density at radius 2 is 2.05 bits per heavy atom. The number of nitrogens with zero attached hydrogens (tertiary/aromatic N) is 1. The summed E-state index contributed by atoms with van der Waals surface area (Å²) in [6, 6.07) is 2.08. The number of furan rings is 1. The monoisotopic (exact) mass is 378 g/mol. The van der Waals surface area contributed by atoms with Gasteiger partial charge in [0.1, 0.15) is 10.7 Å². The summed E-state index contributed by atoms with van der Waals surface area (Å²) in [7, 11) is -1.94. The lowest BCUT2D eigenvalue weighted by atomic mass is 10.1. The minimum absolute atomic E-state index is 0.0789. The third-order valence-corrected chi connectivity index (χ3v) is 6.85. The van der Waals surface area contributed by atoms with Gasteiger partial charge in [-0.25, -0.2) is 8.42 Å². The van der Waals surface area contributed by atoms with Crippen LogP contribution < -0.4 is 5.32 Å². The standard InChI is InChI=1S/C14H23BrN2O3S/c1-9(2)10(3)17(4)21(18,19)13-7-12(20-14(13)15)8-16-11-5-6-11/h7,9-11,16H,5-6,8H2,1-4H3. The maximum atomic E-state index is 12.7. The van der Waals surface area contributed by atoms with E-state index in [0.717, 1.165) is 0 Å². The van der Waals surface area contributed by atoms with Crippen molar-refractivity contribution in [2.75, 3.05) is 7.05 Å². The highest BCUT2D eigenvalue weighted by Crippen LogP contribution is 2.30. The molecular formula is C14H23BrN2O3S. The van der Waals surface area contributed by atoms with Crippen LogP contribution in [0.5, 0.6) is 0 Å². The van der Waals surface area contributed by atoms with Gasteiger partial charge in [-0.1, -0.05) is 13.8 Å².